The fourth-order valence-electron chi connectivity index (χ4n) is 4.62. The summed E-state index contributed by atoms with van der Waals surface area (Å²) in [6, 6.07) is 25.8. The second kappa shape index (κ2) is 9.32. The number of nitrogens with zero attached hydrogens (tertiary/aromatic N) is 1. The first-order valence-electron chi connectivity index (χ1n) is 11.7. The van der Waals surface area contributed by atoms with Crippen LogP contribution >= 0.6 is 11.3 Å². The van der Waals surface area contributed by atoms with Gasteiger partial charge in [0.05, 0.1) is 5.69 Å². The van der Waals surface area contributed by atoms with Crippen LogP contribution in [-0.4, -0.2) is 11.2 Å². The SMILES string of the molecule is Fc1ccc2c3c(sc2c1C/C=C(\C=Nc1ccccc1-c1ccc[nH]1)c1ccccc1)C=CC3. The molecule has 0 saturated carbocycles. The highest BCUT2D eigenvalue weighted by molar-refractivity contribution is 7.20. The van der Waals surface area contributed by atoms with Gasteiger partial charge in [-0.2, -0.15) is 0 Å². The van der Waals surface area contributed by atoms with Gasteiger partial charge in [0.25, 0.3) is 0 Å². The maximum Gasteiger partial charge on any atom is 0.128 e. The Morgan fingerprint density at radius 2 is 1.83 bits per heavy atom. The lowest BCUT2D eigenvalue weighted by Crippen LogP contribution is -1.93. The van der Waals surface area contributed by atoms with Gasteiger partial charge in [-0.3, -0.25) is 4.99 Å². The third-order valence-electron chi connectivity index (χ3n) is 6.40. The number of aromatic amines is 1. The lowest BCUT2D eigenvalue weighted by Gasteiger charge is -2.07. The fraction of sp³-hybridized carbons (Fsp3) is 0.0645. The Morgan fingerprint density at radius 1 is 0.971 bits per heavy atom. The molecule has 35 heavy (non-hydrogen) atoms. The zero-order valence-corrected chi connectivity index (χ0v) is 19.9. The van der Waals surface area contributed by atoms with Crippen molar-refractivity contribution in [1.29, 1.82) is 0 Å². The predicted octanol–water partition coefficient (Wildman–Crippen LogP) is 8.63. The number of hydrogen-bond donors (Lipinski definition) is 1. The Balaban J connectivity index is 1.40. The van der Waals surface area contributed by atoms with Crippen molar-refractivity contribution in [2.75, 3.05) is 0 Å². The number of fused-ring (bicyclic) bond motifs is 3. The van der Waals surface area contributed by atoms with Gasteiger partial charge in [0, 0.05) is 38.8 Å². The Hall–Kier alpha value is -4.02. The number of aliphatic imine (C=N–C) groups is 1. The molecule has 0 saturated heterocycles. The summed E-state index contributed by atoms with van der Waals surface area (Å²) in [6.07, 6.45) is 11.7. The van der Waals surface area contributed by atoms with Crippen molar-refractivity contribution in [2.24, 2.45) is 4.99 Å². The summed E-state index contributed by atoms with van der Waals surface area (Å²) >= 11 is 1.69. The van der Waals surface area contributed by atoms with Gasteiger partial charge in [0.15, 0.2) is 0 Å². The van der Waals surface area contributed by atoms with Gasteiger partial charge in [-0.05, 0) is 65.3 Å². The molecule has 3 aromatic carbocycles. The molecule has 5 aromatic rings. The fourth-order valence-corrected chi connectivity index (χ4v) is 5.93. The molecule has 170 valence electrons. The maximum absolute atomic E-state index is 15.0. The van der Waals surface area contributed by atoms with Crippen molar-refractivity contribution in [2.45, 2.75) is 12.8 Å². The van der Waals surface area contributed by atoms with E-state index >= 15 is 4.39 Å². The van der Waals surface area contributed by atoms with Crippen molar-refractivity contribution >= 4 is 45.0 Å². The molecule has 2 nitrogen and oxygen atoms in total. The van der Waals surface area contributed by atoms with Crippen LogP contribution in [0.4, 0.5) is 10.1 Å². The normalized spacial score (nSPS) is 13.2. The van der Waals surface area contributed by atoms with Gasteiger partial charge in [0.2, 0.25) is 0 Å². The molecule has 0 radical (unpaired) electrons. The average molecular weight is 475 g/mol. The average Bonchev–Trinajstić information content (AvgIpc) is 3.64. The highest BCUT2D eigenvalue weighted by Gasteiger charge is 2.17. The largest absolute Gasteiger partial charge is 0.361 e. The predicted molar refractivity (Wildman–Crippen MR) is 147 cm³/mol. The highest BCUT2D eigenvalue weighted by Crippen LogP contribution is 2.39. The molecule has 4 heteroatoms. The van der Waals surface area contributed by atoms with Crippen LogP contribution < -0.4 is 0 Å². The molecule has 0 atom stereocenters. The number of benzene rings is 3. The molecule has 0 bridgehead atoms. The molecule has 0 spiro atoms. The molecule has 1 N–H and O–H groups in total. The van der Waals surface area contributed by atoms with E-state index in [2.05, 4.69) is 41.4 Å². The molecular formula is C31H23FN2S. The van der Waals surface area contributed by atoms with Gasteiger partial charge in [-0.15, -0.1) is 11.3 Å². The van der Waals surface area contributed by atoms with Crippen LogP contribution in [0.5, 0.6) is 0 Å². The number of hydrogen-bond acceptors (Lipinski definition) is 2. The number of allylic oxidation sites excluding steroid dienone is 3. The lowest BCUT2D eigenvalue weighted by atomic mass is 10.0. The first-order chi connectivity index (χ1) is 17.3. The van der Waals surface area contributed by atoms with Gasteiger partial charge in [0.1, 0.15) is 5.82 Å². The van der Waals surface area contributed by atoms with Gasteiger partial charge >= 0.3 is 0 Å². The molecule has 0 fully saturated rings. The number of halogens is 1. The van der Waals surface area contributed by atoms with Crippen molar-refractivity contribution in [3.63, 3.8) is 0 Å². The van der Waals surface area contributed by atoms with Crippen LogP contribution in [0.15, 0.2) is 102 Å². The summed E-state index contributed by atoms with van der Waals surface area (Å²) in [5.74, 6) is -0.154. The molecular weight excluding hydrogens is 451 g/mol. The lowest BCUT2D eigenvalue weighted by molar-refractivity contribution is 0.618. The zero-order chi connectivity index (χ0) is 23.6. The smallest absolute Gasteiger partial charge is 0.128 e. The van der Waals surface area contributed by atoms with Crippen molar-refractivity contribution < 1.29 is 4.39 Å². The Morgan fingerprint density at radius 3 is 2.69 bits per heavy atom. The third kappa shape index (κ3) is 4.17. The van der Waals surface area contributed by atoms with E-state index in [1.807, 2.05) is 67.0 Å². The van der Waals surface area contributed by atoms with Crippen LogP contribution in [0.25, 0.3) is 33.0 Å². The molecule has 6 rings (SSSR count). The highest BCUT2D eigenvalue weighted by atomic mass is 32.1. The van der Waals surface area contributed by atoms with Crippen LogP contribution in [0.3, 0.4) is 0 Å². The van der Waals surface area contributed by atoms with Crippen LogP contribution in [0.1, 0.15) is 21.6 Å². The second-order valence-electron chi connectivity index (χ2n) is 8.54. The van der Waals surface area contributed by atoms with E-state index in [1.54, 1.807) is 17.4 Å². The number of rotatable bonds is 6. The number of H-pyrrole nitrogens is 1. The Kier molecular flexibility index (Phi) is 5.73. The van der Waals surface area contributed by atoms with Crippen LogP contribution in [0.2, 0.25) is 0 Å². The first kappa shape index (κ1) is 21.5. The monoisotopic (exact) mass is 474 g/mol. The van der Waals surface area contributed by atoms with E-state index in [0.29, 0.717) is 6.42 Å². The minimum Gasteiger partial charge on any atom is -0.361 e. The van der Waals surface area contributed by atoms with Gasteiger partial charge in [-0.25, -0.2) is 4.39 Å². The van der Waals surface area contributed by atoms with Gasteiger partial charge in [-0.1, -0.05) is 66.7 Å². The van der Waals surface area contributed by atoms with E-state index in [4.69, 9.17) is 4.99 Å². The van der Waals surface area contributed by atoms with Crippen molar-refractivity contribution in [3.05, 3.63) is 125 Å². The molecule has 2 aromatic heterocycles. The van der Waals surface area contributed by atoms with E-state index in [1.165, 1.54) is 15.8 Å². The van der Waals surface area contributed by atoms with E-state index in [0.717, 1.165) is 44.8 Å². The van der Waals surface area contributed by atoms with E-state index in [-0.39, 0.29) is 5.82 Å². The minimum absolute atomic E-state index is 0.154. The molecule has 2 heterocycles. The third-order valence-corrected chi connectivity index (χ3v) is 7.67. The van der Waals surface area contributed by atoms with Gasteiger partial charge < -0.3 is 4.98 Å². The standard InChI is InChI=1S/C31H23FN2S/c32-27-18-17-24-23-11-6-14-30(23)35-31(24)25(27)16-15-22(21-8-2-1-3-9-21)20-34-29-12-5-4-10-26(29)28-13-7-19-33-28/h1-10,12-15,17-20,33H,11,16H2/b22-15+,34-20?. The topological polar surface area (TPSA) is 28.1 Å². The molecule has 0 amide bonds. The number of aromatic nitrogens is 1. The van der Waals surface area contributed by atoms with Crippen molar-refractivity contribution in [1.82, 2.24) is 4.98 Å². The quantitative estimate of drug-likeness (QED) is 0.239. The number of thiophene rings is 1. The summed E-state index contributed by atoms with van der Waals surface area (Å²) in [5.41, 5.74) is 7.04. The van der Waals surface area contributed by atoms with Crippen LogP contribution in [0, 0.1) is 5.82 Å². The summed E-state index contributed by atoms with van der Waals surface area (Å²) in [5, 5.41) is 1.18. The maximum atomic E-state index is 15.0. The summed E-state index contributed by atoms with van der Waals surface area (Å²) in [6.45, 7) is 0. The summed E-state index contributed by atoms with van der Waals surface area (Å²) < 4.78 is 16.1. The molecule has 1 aliphatic carbocycles. The first-order valence-corrected chi connectivity index (χ1v) is 12.5. The van der Waals surface area contributed by atoms with E-state index < -0.39 is 0 Å². The number of nitrogens with one attached hydrogen (secondary N) is 1. The molecule has 0 aliphatic heterocycles. The molecule has 1 aliphatic rings. The Bertz CT molecular complexity index is 1590. The summed E-state index contributed by atoms with van der Waals surface area (Å²) in [7, 11) is 0. The van der Waals surface area contributed by atoms with E-state index in [9.17, 15) is 0 Å². The minimum atomic E-state index is -0.154. The Labute approximate surface area is 207 Å². The van der Waals surface area contributed by atoms with Crippen LogP contribution in [-0.2, 0) is 12.8 Å². The second-order valence-corrected chi connectivity index (χ2v) is 9.59. The van der Waals surface area contributed by atoms with Crippen molar-refractivity contribution in [3.8, 4) is 11.3 Å². The summed E-state index contributed by atoms with van der Waals surface area (Å²) in [4.78, 5) is 9.38. The zero-order valence-electron chi connectivity index (χ0n) is 19.0. The molecule has 0 unspecified atom stereocenters. The number of para-hydroxylation sites is 1.